The highest BCUT2D eigenvalue weighted by Crippen LogP contribution is 2.23. The van der Waals surface area contributed by atoms with Crippen molar-refractivity contribution in [2.24, 2.45) is 5.73 Å². The van der Waals surface area contributed by atoms with Crippen LogP contribution in [0.3, 0.4) is 0 Å². The van der Waals surface area contributed by atoms with Gasteiger partial charge in [-0.3, -0.25) is 0 Å². The topological polar surface area (TPSA) is 46.2 Å². The molecule has 0 heterocycles. The summed E-state index contributed by atoms with van der Waals surface area (Å²) in [6.45, 7) is 4.12. The van der Waals surface area contributed by atoms with Crippen molar-refractivity contribution < 1.29 is 5.11 Å². The zero-order valence-corrected chi connectivity index (χ0v) is 11.6. The summed E-state index contributed by atoms with van der Waals surface area (Å²) in [5, 5.41) is 9.03. The fourth-order valence-corrected chi connectivity index (χ4v) is 2.65. The van der Waals surface area contributed by atoms with Crippen LogP contribution in [0.15, 0.2) is 29.2 Å². The Kier molecular flexibility index (Phi) is 6.03. The van der Waals surface area contributed by atoms with Crippen molar-refractivity contribution in [2.75, 3.05) is 12.4 Å². The van der Waals surface area contributed by atoms with E-state index in [0.717, 1.165) is 25.0 Å². The van der Waals surface area contributed by atoms with Gasteiger partial charge < -0.3 is 10.8 Å². The van der Waals surface area contributed by atoms with Gasteiger partial charge >= 0.3 is 0 Å². The quantitative estimate of drug-likeness (QED) is 0.580. The standard InChI is InChI=1S/C14H23NOS/c1-12-7-3-4-8-13(12)17-10-6-5-9-14(2,15)11-16/h3-4,7-8,16H,5-6,9-11,15H2,1-2H3. The average molecular weight is 253 g/mol. The van der Waals surface area contributed by atoms with E-state index in [2.05, 4.69) is 31.2 Å². The Morgan fingerprint density at radius 2 is 2.00 bits per heavy atom. The number of nitrogens with two attached hydrogens (primary N) is 1. The van der Waals surface area contributed by atoms with E-state index in [-0.39, 0.29) is 6.61 Å². The number of benzene rings is 1. The summed E-state index contributed by atoms with van der Waals surface area (Å²) in [5.41, 5.74) is 6.81. The molecule has 1 aromatic rings. The van der Waals surface area contributed by atoms with E-state index >= 15 is 0 Å². The minimum Gasteiger partial charge on any atom is -0.394 e. The lowest BCUT2D eigenvalue weighted by molar-refractivity contribution is 0.198. The first kappa shape index (κ1) is 14.6. The largest absolute Gasteiger partial charge is 0.394 e. The molecule has 0 saturated heterocycles. The Labute approximate surface area is 109 Å². The van der Waals surface area contributed by atoms with Gasteiger partial charge in [-0.1, -0.05) is 24.6 Å². The van der Waals surface area contributed by atoms with E-state index in [0.29, 0.717) is 0 Å². The Balaban J connectivity index is 2.19. The lowest BCUT2D eigenvalue weighted by Gasteiger charge is -2.21. The third-order valence-corrected chi connectivity index (χ3v) is 4.12. The van der Waals surface area contributed by atoms with Gasteiger partial charge in [-0.15, -0.1) is 11.8 Å². The SMILES string of the molecule is Cc1ccccc1SCCCCC(C)(N)CO. The van der Waals surface area contributed by atoms with E-state index in [1.54, 1.807) is 0 Å². The predicted octanol–water partition coefficient (Wildman–Crippen LogP) is 2.97. The minimum atomic E-state index is -0.409. The molecule has 0 saturated carbocycles. The molecular formula is C14H23NOS. The summed E-state index contributed by atoms with van der Waals surface area (Å²) in [4.78, 5) is 1.37. The molecule has 3 N–H and O–H groups in total. The normalized spacial score (nSPS) is 14.6. The third kappa shape index (κ3) is 5.57. The van der Waals surface area contributed by atoms with Crippen LogP contribution >= 0.6 is 11.8 Å². The Morgan fingerprint density at radius 3 is 2.65 bits per heavy atom. The van der Waals surface area contributed by atoms with Gasteiger partial charge in [0.25, 0.3) is 0 Å². The van der Waals surface area contributed by atoms with Crippen molar-refractivity contribution in [1.82, 2.24) is 0 Å². The average Bonchev–Trinajstić information content (AvgIpc) is 2.31. The van der Waals surface area contributed by atoms with Crippen LogP contribution in [0.4, 0.5) is 0 Å². The van der Waals surface area contributed by atoms with Gasteiger partial charge in [-0.2, -0.15) is 0 Å². The van der Waals surface area contributed by atoms with E-state index in [1.807, 2.05) is 18.7 Å². The molecule has 0 aliphatic rings. The minimum absolute atomic E-state index is 0.0674. The summed E-state index contributed by atoms with van der Waals surface area (Å²) >= 11 is 1.90. The third-order valence-electron chi connectivity index (χ3n) is 2.85. The Hall–Kier alpha value is -0.510. The molecule has 0 spiro atoms. The lowest BCUT2D eigenvalue weighted by atomic mass is 9.98. The van der Waals surface area contributed by atoms with Crippen LogP contribution in [-0.4, -0.2) is 23.0 Å². The zero-order chi connectivity index (χ0) is 12.7. The van der Waals surface area contributed by atoms with Crippen LogP contribution in [0.25, 0.3) is 0 Å². The van der Waals surface area contributed by atoms with Crippen LogP contribution in [0.2, 0.25) is 0 Å². The molecule has 0 radical (unpaired) electrons. The van der Waals surface area contributed by atoms with E-state index < -0.39 is 5.54 Å². The van der Waals surface area contributed by atoms with Crippen LogP contribution in [0.1, 0.15) is 31.7 Å². The van der Waals surface area contributed by atoms with Gasteiger partial charge in [0.2, 0.25) is 0 Å². The van der Waals surface area contributed by atoms with Gasteiger partial charge in [0, 0.05) is 10.4 Å². The zero-order valence-electron chi connectivity index (χ0n) is 10.8. The molecule has 96 valence electrons. The van der Waals surface area contributed by atoms with Crippen LogP contribution in [-0.2, 0) is 0 Å². The van der Waals surface area contributed by atoms with Crippen molar-refractivity contribution in [3.8, 4) is 0 Å². The van der Waals surface area contributed by atoms with Crippen LogP contribution in [0, 0.1) is 6.92 Å². The number of aryl methyl sites for hydroxylation is 1. The van der Waals surface area contributed by atoms with E-state index in [4.69, 9.17) is 10.8 Å². The van der Waals surface area contributed by atoms with Gasteiger partial charge in [0.15, 0.2) is 0 Å². The highest BCUT2D eigenvalue weighted by Gasteiger charge is 2.15. The molecular weight excluding hydrogens is 230 g/mol. The number of rotatable bonds is 7. The molecule has 0 aromatic heterocycles. The molecule has 3 heteroatoms. The van der Waals surface area contributed by atoms with E-state index in [1.165, 1.54) is 10.5 Å². The number of unbranched alkanes of at least 4 members (excludes halogenated alkanes) is 1. The molecule has 0 aliphatic carbocycles. The van der Waals surface area contributed by atoms with E-state index in [9.17, 15) is 0 Å². The molecule has 0 amide bonds. The van der Waals surface area contributed by atoms with Gasteiger partial charge in [-0.25, -0.2) is 0 Å². The van der Waals surface area contributed by atoms with Crippen LogP contribution in [0.5, 0.6) is 0 Å². The maximum Gasteiger partial charge on any atom is 0.0608 e. The van der Waals surface area contributed by atoms with Crippen molar-refractivity contribution in [3.63, 3.8) is 0 Å². The second kappa shape index (κ2) is 7.04. The highest BCUT2D eigenvalue weighted by atomic mass is 32.2. The monoisotopic (exact) mass is 253 g/mol. The number of hydrogen-bond donors (Lipinski definition) is 2. The predicted molar refractivity (Wildman–Crippen MR) is 75.4 cm³/mol. The molecule has 1 rings (SSSR count). The number of thioether (sulfide) groups is 1. The number of aliphatic hydroxyl groups is 1. The molecule has 0 fully saturated rings. The van der Waals surface area contributed by atoms with Crippen molar-refractivity contribution >= 4 is 11.8 Å². The molecule has 1 atom stereocenters. The first-order valence-electron chi connectivity index (χ1n) is 6.13. The summed E-state index contributed by atoms with van der Waals surface area (Å²) in [6.07, 6.45) is 3.11. The summed E-state index contributed by atoms with van der Waals surface area (Å²) in [7, 11) is 0. The maximum atomic E-state index is 9.03. The smallest absolute Gasteiger partial charge is 0.0608 e. The summed E-state index contributed by atoms with van der Waals surface area (Å²) < 4.78 is 0. The van der Waals surface area contributed by atoms with Gasteiger partial charge in [0.1, 0.15) is 0 Å². The lowest BCUT2D eigenvalue weighted by Crippen LogP contribution is -2.39. The fraction of sp³-hybridized carbons (Fsp3) is 0.571. The first-order valence-corrected chi connectivity index (χ1v) is 7.12. The van der Waals surface area contributed by atoms with Crippen molar-refractivity contribution in [3.05, 3.63) is 29.8 Å². The summed E-state index contributed by atoms with van der Waals surface area (Å²) in [6, 6.07) is 8.46. The Bertz CT molecular complexity index is 339. The molecule has 2 nitrogen and oxygen atoms in total. The number of aliphatic hydroxyl groups excluding tert-OH is 1. The molecule has 1 aromatic carbocycles. The maximum absolute atomic E-state index is 9.03. The fourth-order valence-electron chi connectivity index (χ4n) is 1.61. The molecule has 0 bridgehead atoms. The highest BCUT2D eigenvalue weighted by molar-refractivity contribution is 7.99. The second-order valence-corrected chi connectivity index (χ2v) is 6.02. The van der Waals surface area contributed by atoms with Crippen molar-refractivity contribution in [2.45, 2.75) is 43.5 Å². The van der Waals surface area contributed by atoms with Crippen LogP contribution < -0.4 is 5.73 Å². The number of hydrogen-bond acceptors (Lipinski definition) is 3. The molecule has 17 heavy (non-hydrogen) atoms. The Morgan fingerprint density at radius 1 is 1.29 bits per heavy atom. The van der Waals surface area contributed by atoms with Crippen molar-refractivity contribution in [1.29, 1.82) is 0 Å². The molecule has 1 unspecified atom stereocenters. The first-order chi connectivity index (χ1) is 8.05. The van der Waals surface area contributed by atoms with Gasteiger partial charge in [-0.05, 0) is 44.1 Å². The van der Waals surface area contributed by atoms with Gasteiger partial charge in [0.05, 0.1) is 6.61 Å². The second-order valence-electron chi connectivity index (χ2n) is 4.88. The summed E-state index contributed by atoms with van der Waals surface area (Å²) in [5.74, 6) is 1.12. The molecule has 0 aliphatic heterocycles.